The largest absolute Gasteiger partial charge is 0.432 e. The summed E-state index contributed by atoms with van der Waals surface area (Å²) in [5.74, 6) is -8.62. The monoisotopic (exact) mass is 439 g/mol. The minimum atomic E-state index is -4.54. The molecule has 0 saturated carbocycles. The summed E-state index contributed by atoms with van der Waals surface area (Å²) in [6.07, 6.45) is -3.80. The molecule has 0 heterocycles. The Morgan fingerprint density at radius 3 is 2.06 bits per heavy atom. The van der Waals surface area contributed by atoms with Gasteiger partial charge >= 0.3 is 6.11 Å². The van der Waals surface area contributed by atoms with Gasteiger partial charge in [-0.25, -0.2) is 17.6 Å². The summed E-state index contributed by atoms with van der Waals surface area (Å²) in [7, 11) is 0. The SMILES string of the molecule is CCc1ccc(OC(F)(F)c2c(F)cc([O])c(-c3ccc(CC)c(F)c3F)c2F)cc1. The van der Waals surface area contributed by atoms with Crippen molar-refractivity contribution in [1.29, 1.82) is 0 Å². The van der Waals surface area contributed by atoms with Gasteiger partial charge in [0.1, 0.15) is 17.1 Å². The maximum absolute atomic E-state index is 15.0. The van der Waals surface area contributed by atoms with Crippen LogP contribution < -0.4 is 4.74 Å². The van der Waals surface area contributed by atoms with E-state index in [1.54, 1.807) is 0 Å². The number of ether oxygens (including phenoxy) is 1. The standard InChI is InChI=1S/C23H17F6O2/c1-3-12-5-8-14(9-6-12)31-23(28,29)19-16(24)11-17(30)18(22(19)27)15-10-7-13(4-2)20(25)21(15)26/h5-11H,3-4H2,1-2H3. The predicted molar refractivity (Wildman–Crippen MR) is 102 cm³/mol. The Kier molecular flexibility index (Phi) is 6.20. The lowest BCUT2D eigenvalue weighted by Crippen LogP contribution is -2.25. The van der Waals surface area contributed by atoms with Crippen LogP contribution in [0.5, 0.6) is 11.5 Å². The molecule has 2 nitrogen and oxygen atoms in total. The van der Waals surface area contributed by atoms with E-state index in [-0.39, 0.29) is 23.8 Å². The van der Waals surface area contributed by atoms with Gasteiger partial charge in [0.05, 0.1) is 5.56 Å². The molecule has 3 aromatic rings. The first-order chi connectivity index (χ1) is 14.6. The third-order valence-corrected chi connectivity index (χ3v) is 4.86. The molecule has 0 N–H and O–H groups in total. The first kappa shape index (κ1) is 22.5. The molecule has 0 fully saturated rings. The summed E-state index contributed by atoms with van der Waals surface area (Å²) in [6.45, 7) is 3.38. The molecule has 163 valence electrons. The van der Waals surface area contributed by atoms with Gasteiger partial charge in [-0.05, 0) is 36.1 Å². The minimum Gasteiger partial charge on any atom is -0.429 e. The second-order valence-electron chi connectivity index (χ2n) is 6.79. The Morgan fingerprint density at radius 1 is 0.839 bits per heavy atom. The molecule has 0 bridgehead atoms. The first-order valence-corrected chi connectivity index (χ1v) is 9.43. The molecule has 0 amide bonds. The van der Waals surface area contributed by atoms with Gasteiger partial charge in [0, 0.05) is 11.6 Å². The molecule has 0 aliphatic heterocycles. The zero-order valence-corrected chi connectivity index (χ0v) is 16.5. The number of alkyl halides is 2. The number of halogens is 6. The van der Waals surface area contributed by atoms with Crippen LogP contribution in [-0.2, 0) is 24.1 Å². The summed E-state index contributed by atoms with van der Waals surface area (Å²) in [6, 6.07) is 7.47. The van der Waals surface area contributed by atoms with Crippen molar-refractivity contribution in [2.24, 2.45) is 0 Å². The van der Waals surface area contributed by atoms with Gasteiger partial charge in [-0.2, -0.15) is 8.78 Å². The van der Waals surface area contributed by atoms with Gasteiger partial charge in [-0.1, -0.05) is 38.1 Å². The molecule has 0 atom stereocenters. The Hall–Kier alpha value is -3.16. The normalized spacial score (nSPS) is 11.6. The molecule has 0 spiro atoms. The minimum absolute atomic E-state index is 0.0550. The van der Waals surface area contributed by atoms with Gasteiger partial charge in [0.25, 0.3) is 0 Å². The van der Waals surface area contributed by atoms with Crippen LogP contribution in [0, 0.1) is 23.3 Å². The Labute approximate surface area is 174 Å². The average molecular weight is 439 g/mol. The fourth-order valence-corrected chi connectivity index (χ4v) is 3.16. The van der Waals surface area contributed by atoms with Crippen LogP contribution in [0.4, 0.5) is 26.3 Å². The van der Waals surface area contributed by atoms with E-state index in [4.69, 9.17) is 0 Å². The zero-order valence-electron chi connectivity index (χ0n) is 16.5. The van der Waals surface area contributed by atoms with Crippen LogP contribution in [0.15, 0.2) is 42.5 Å². The Morgan fingerprint density at radius 2 is 1.48 bits per heavy atom. The van der Waals surface area contributed by atoms with Crippen LogP contribution in [0.3, 0.4) is 0 Å². The molecule has 8 heteroatoms. The van der Waals surface area contributed by atoms with Crippen LogP contribution in [0.1, 0.15) is 30.5 Å². The third-order valence-electron chi connectivity index (χ3n) is 4.86. The van der Waals surface area contributed by atoms with Gasteiger partial charge < -0.3 is 4.74 Å². The van der Waals surface area contributed by atoms with Crippen molar-refractivity contribution in [3.05, 3.63) is 82.4 Å². The lowest BCUT2D eigenvalue weighted by Gasteiger charge is -2.21. The summed E-state index contributed by atoms with van der Waals surface area (Å²) in [5.41, 5.74) is -3.21. The molecule has 0 unspecified atom stereocenters. The molecule has 3 aromatic carbocycles. The van der Waals surface area contributed by atoms with E-state index >= 15 is 4.39 Å². The van der Waals surface area contributed by atoms with Crippen molar-refractivity contribution >= 4 is 0 Å². The van der Waals surface area contributed by atoms with Crippen LogP contribution in [-0.4, -0.2) is 0 Å². The van der Waals surface area contributed by atoms with Crippen LogP contribution in [0.25, 0.3) is 11.1 Å². The van der Waals surface area contributed by atoms with E-state index in [0.717, 1.165) is 17.7 Å². The van der Waals surface area contributed by atoms with Crippen molar-refractivity contribution in [1.82, 2.24) is 0 Å². The van der Waals surface area contributed by atoms with Crippen molar-refractivity contribution in [2.45, 2.75) is 32.8 Å². The molecule has 0 aliphatic carbocycles. The van der Waals surface area contributed by atoms with E-state index in [9.17, 15) is 27.1 Å². The highest BCUT2D eigenvalue weighted by Gasteiger charge is 2.43. The molecule has 3 rings (SSSR count). The molecule has 0 aliphatic rings. The van der Waals surface area contributed by atoms with Crippen molar-refractivity contribution in [3.8, 4) is 22.6 Å². The fourth-order valence-electron chi connectivity index (χ4n) is 3.16. The zero-order chi connectivity index (χ0) is 22.9. The highest BCUT2D eigenvalue weighted by Crippen LogP contribution is 2.43. The van der Waals surface area contributed by atoms with Gasteiger partial charge in [0.2, 0.25) is 0 Å². The summed E-state index contributed by atoms with van der Waals surface area (Å²) in [5, 5.41) is 12.1. The predicted octanol–water partition coefficient (Wildman–Crippen LogP) is 7.31. The molecule has 1 radical (unpaired) electrons. The first-order valence-electron chi connectivity index (χ1n) is 9.43. The maximum Gasteiger partial charge on any atom is 0.432 e. The topological polar surface area (TPSA) is 29.1 Å². The van der Waals surface area contributed by atoms with Crippen molar-refractivity contribution in [3.63, 3.8) is 0 Å². The fraction of sp³-hybridized carbons (Fsp3) is 0.217. The van der Waals surface area contributed by atoms with E-state index < -0.39 is 51.8 Å². The Balaban J connectivity index is 2.13. The van der Waals surface area contributed by atoms with Gasteiger partial charge in [-0.3, -0.25) is 5.11 Å². The second-order valence-corrected chi connectivity index (χ2v) is 6.79. The summed E-state index contributed by atoms with van der Waals surface area (Å²) >= 11 is 0. The number of rotatable bonds is 6. The van der Waals surface area contributed by atoms with Crippen LogP contribution >= 0.6 is 0 Å². The van der Waals surface area contributed by atoms with E-state index in [2.05, 4.69) is 4.74 Å². The number of hydrogen-bond donors (Lipinski definition) is 0. The molecule has 0 aromatic heterocycles. The van der Waals surface area contributed by atoms with Crippen molar-refractivity contribution in [2.75, 3.05) is 0 Å². The van der Waals surface area contributed by atoms with Crippen LogP contribution in [0.2, 0.25) is 0 Å². The van der Waals surface area contributed by atoms with Gasteiger partial charge in [-0.15, -0.1) is 0 Å². The number of aryl methyl sites for hydroxylation is 2. The van der Waals surface area contributed by atoms with E-state index in [1.807, 2.05) is 6.92 Å². The van der Waals surface area contributed by atoms with E-state index in [0.29, 0.717) is 6.42 Å². The highest BCUT2D eigenvalue weighted by atomic mass is 19.3. The Bertz CT molecular complexity index is 1110. The molecular weight excluding hydrogens is 422 g/mol. The maximum atomic E-state index is 15.0. The second kappa shape index (κ2) is 8.53. The lowest BCUT2D eigenvalue weighted by molar-refractivity contribution is -0.189. The molecular formula is C23H17F6O2. The quantitative estimate of drug-likeness (QED) is 0.370. The lowest BCUT2D eigenvalue weighted by atomic mass is 9.97. The average Bonchev–Trinajstić information content (AvgIpc) is 2.71. The smallest absolute Gasteiger partial charge is 0.429 e. The van der Waals surface area contributed by atoms with Gasteiger partial charge in [0.15, 0.2) is 23.2 Å². The number of benzene rings is 3. The highest BCUT2D eigenvalue weighted by molar-refractivity contribution is 5.73. The summed E-state index contributed by atoms with van der Waals surface area (Å²) in [4.78, 5) is 0. The third kappa shape index (κ3) is 4.19. The molecule has 31 heavy (non-hydrogen) atoms. The van der Waals surface area contributed by atoms with E-state index in [1.165, 1.54) is 31.2 Å². The van der Waals surface area contributed by atoms with Crippen molar-refractivity contribution < 1.29 is 36.2 Å². The number of hydrogen-bond acceptors (Lipinski definition) is 1. The summed E-state index contributed by atoms with van der Waals surface area (Å²) < 4.78 is 91.7. The molecule has 0 saturated heterocycles.